The first-order valence-electron chi connectivity index (χ1n) is 6.42. The molecule has 1 aromatic heterocycles. The Morgan fingerprint density at radius 2 is 2.21 bits per heavy atom. The first-order chi connectivity index (χ1) is 8.95. The Morgan fingerprint density at radius 1 is 1.53 bits per heavy atom. The number of hydrogen-bond donors (Lipinski definition) is 2. The third-order valence-corrected chi connectivity index (χ3v) is 2.92. The molecule has 1 rings (SSSR count). The molecule has 0 saturated heterocycles. The van der Waals surface area contributed by atoms with Crippen LogP contribution >= 0.6 is 0 Å². The lowest BCUT2D eigenvalue weighted by Crippen LogP contribution is -2.44. The van der Waals surface area contributed by atoms with Gasteiger partial charge in [0.05, 0.1) is 7.11 Å². The summed E-state index contributed by atoms with van der Waals surface area (Å²) in [7, 11) is 1.35. The number of ether oxygens (including phenoxy) is 1. The Morgan fingerprint density at radius 3 is 2.74 bits per heavy atom. The lowest BCUT2D eigenvalue weighted by molar-refractivity contribution is -0.145. The van der Waals surface area contributed by atoms with Crippen LogP contribution in [-0.4, -0.2) is 28.6 Å². The molecular weight excluding hydrogens is 246 g/mol. The quantitative estimate of drug-likeness (QED) is 0.763. The molecule has 6 heteroatoms. The van der Waals surface area contributed by atoms with Crippen molar-refractivity contribution >= 4 is 11.8 Å². The summed E-state index contributed by atoms with van der Waals surface area (Å²) in [6, 6.07) is 1.34. The summed E-state index contributed by atoms with van der Waals surface area (Å²) in [5, 5.41) is 3.02. The van der Waals surface area contributed by atoms with Crippen LogP contribution in [0.25, 0.3) is 0 Å². The molecule has 1 heterocycles. The van der Waals surface area contributed by atoms with Gasteiger partial charge in [0.1, 0.15) is 17.2 Å². The molecule has 0 aliphatic rings. The molecule has 0 saturated carbocycles. The van der Waals surface area contributed by atoms with Gasteiger partial charge in [-0.2, -0.15) is 0 Å². The topological polar surface area (TPSA) is 84.1 Å². The van der Waals surface area contributed by atoms with Crippen LogP contribution in [0.1, 0.15) is 39.4 Å². The van der Waals surface area contributed by atoms with Gasteiger partial charge in [-0.25, -0.2) is 9.78 Å². The van der Waals surface area contributed by atoms with E-state index in [1.807, 2.05) is 13.8 Å². The van der Waals surface area contributed by atoms with Crippen LogP contribution in [0.15, 0.2) is 10.9 Å². The lowest BCUT2D eigenvalue weighted by Gasteiger charge is -2.28. The predicted molar refractivity (Wildman–Crippen MR) is 73.2 cm³/mol. The van der Waals surface area contributed by atoms with Crippen LogP contribution in [-0.2, 0) is 16.0 Å². The van der Waals surface area contributed by atoms with Crippen molar-refractivity contribution in [2.24, 2.45) is 0 Å². The van der Waals surface area contributed by atoms with Crippen molar-refractivity contribution in [2.45, 2.75) is 45.6 Å². The van der Waals surface area contributed by atoms with Crippen LogP contribution in [0.5, 0.6) is 0 Å². The first kappa shape index (κ1) is 15.2. The number of nitrogens with zero attached hydrogens (tertiary/aromatic N) is 1. The molecule has 19 heavy (non-hydrogen) atoms. The highest BCUT2D eigenvalue weighted by atomic mass is 16.5. The second-order valence-electron chi connectivity index (χ2n) is 4.63. The van der Waals surface area contributed by atoms with E-state index in [0.717, 1.165) is 6.42 Å². The monoisotopic (exact) mass is 267 g/mol. The van der Waals surface area contributed by atoms with E-state index in [4.69, 9.17) is 4.74 Å². The Labute approximate surface area is 112 Å². The van der Waals surface area contributed by atoms with E-state index in [9.17, 15) is 9.59 Å². The van der Waals surface area contributed by atoms with Gasteiger partial charge < -0.3 is 15.0 Å². The molecule has 1 aromatic rings. The molecule has 0 amide bonds. The second kappa shape index (κ2) is 6.36. The Bertz CT molecular complexity index is 498. The molecule has 0 aliphatic carbocycles. The molecule has 2 N–H and O–H groups in total. The van der Waals surface area contributed by atoms with E-state index >= 15 is 0 Å². The number of aromatic amines is 1. The second-order valence-corrected chi connectivity index (χ2v) is 4.63. The number of H-pyrrole nitrogens is 1. The summed E-state index contributed by atoms with van der Waals surface area (Å²) in [4.78, 5) is 30.3. The van der Waals surface area contributed by atoms with E-state index in [0.29, 0.717) is 24.5 Å². The van der Waals surface area contributed by atoms with Crippen LogP contribution in [0.2, 0.25) is 0 Å². The zero-order valence-electron chi connectivity index (χ0n) is 11.9. The van der Waals surface area contributed by atoms with Crippen LogP contribution in [0.3, 0.4) is 0 Å². The van der Waals surface area contributed by atoms with E-state index in [2.05, 4.69) is 15.3 Å². The normalized spacial score (nSPS) is 13.7. The SMILES string of the molecule is CCCC(C)(Nc1cc(=O)[nH]c(CC)n1)C(=O)OC. The smallest absolute Gasteiger partial charge is 0.331 e. The lowest BCUT2D eigenvalue weighted by atomic mass is 9.96. The average Bonchev–Trinajstić information content (AvgIpc) is 2.37. The molecule has 1 atom stereocenters. The van der Waals surface area contributed by atoms with Gasteiger partial charge in [0.2, 0.25) is 0 Å². The summed E-state index contributed by atoms with van der Waals surface area (Å²) < 4.78 is 4.81. The van der Waals surface area contributed by atoms with Gasteiger partial charge in [0.15, 0.2) is 0 Å². The highest BCUT2D eigenvalue weighted by molar-refractivity contribution is 5.83. The van der Waals surface area contributed by atoms with Gasteiger partial charge in [-0.05, 0) is 13.3 Å². The molecule has 0 radical (unpaired) electrons. The third-order valence-electron chi connectivity index (χ3n) is 2.92. The molecular formula is C13H21N3O3. The first-order valence-corrected chi connectivity index (χ1v) is 6.42. The number of hydrogen-bond acceptors (Lipinski definition) is 5. The standard InChI is InChI=1S/C13H21N3O3/c1-5-7-13(3,12(18)19-4)16-10-8-11(17)15-9(6-2)14-10/h8H,5-7H2,1-4H3,(H2,14,15,16,17). The van der Waals surface area contributed by atoms with Crippen LogP contribution < -0.4 is 10.9 Å². The number of esters is 1. The molecule has 106 valence electrons. The number of rotatable bonds is 6. The zero-order valence-corrected chi connectivity index (χ0v) is 11.9. The van der Waals surface area contributed by atoms with Gasteiger partial charge in [0.25, 0.3) is 5.56 Å². The summed E-state index contributed by atoms with van der Waals surface area (Å²) in [6.45, 7) is 5.62. The van der Waals surface area contributed by atoms with Gasteiger partial charge >= 0.3 is 5.97 Å². The van der Waals surface area contributed by atoms with Crippen molar-refractivity contribution < 1.29 is 9.53 Å². The molecule has 0 fully saturated rings. The molecule has 0 aliphatic heterocycles. The molecule has 6 nitrogen and oxygen atoms in total. The highest BCUT2D eigenvalue weighted by Gasteiger charge is 2.33. The van der Waals surface area contributed by atoms with Crippen molar-refractivity contribution in [1.29, 1.82) is 0 Å². The van der Waals surface area contributed by atoms with Gasteiger partial charge in [-0.15, -0.1) is 0 Å². The minimum Gasteiger partial charge on any atom is -0.467 e. The van der Waals surface area contributed by atoms with Crippen molar-refractivity contribution in [3.05, 3.63) is 22.2 Å². The highest BCUT2D eigenvalue weighted by Crippen LogP contribution is 2.19. The van der Waals surface area contributed by atoms with Crippen LogP contribution in [0, 0.1) is 0 Å². The Kier molecular flexibility index (Phi) is 5.09. The third kappa shape index (κ3) is 3.81. The van der Waals surface area contributed by atoms with Crippen LogP contribution in [0.4, 0.5) is 5.82 Å². The fourth-order valence-electron chi connectivity index (χ4n) is 1.96. The molecule has 0 aromatic carbocycles. The number of nitrogens with one attached hydrogen (secondary N) is 2. The molecule has 1 unspecified atom stereocenters. The average molecular weight is 267 g/mol. The number of carbonyl (C=O) groups excluding carboxylic acids is 1. The van der Waals surface area contributed by atoms with Crippen molar-refractivity contribution in [1.82, 2.24) is 9.97 Å². The van der Waals surface area contributed by atoms with Crippen molar-refractivity contribution in [3.63, 3.8) is 0 Å². The van der Waals surface area contributed by atoms with E-state index in [1.165, 1.54) is 13.2 Å². The fraction of sp³-hybridized carbons (Fsp3) is 0.615. The zero-order chi connectivity index (χ0) is 14.5. The summed E-state index contributed by atoms with van der Waals surface area (Å²) in [5.74, 6) is 0.607. The fourth-order valence-corrected chi connectivity index (χ4v) is 1.96. The maximum absolute atomic E-state index is 11.9. The van der Waals surface area contributed by atoms with E-state index in [-0.39, 0.29) is 11.5 Å². The summed E-state index contributed by atoms with van der Waals surface area (Å²) in [5.41, 5.74) is -1.12. The number of aromatic nitrogens is 2. The van der Waals surface area contributed by atoms with Crippen molar-refractivity contribution in [3.8, 4) is 0 Å². The van der Waals surface area contributed by atoms with E-state index < -0.39 is 5.54 Å². The number of anilines is 1. The van der Waals surface area contributed by atoms with Gasteiger partial charge in [-0.3, -0.25) is 4.79 Å². The maximum Gasteiger partial charge on any atom is 0.331 e. The van der Waals surface area contributed by atoms with E-state index in [1.54, 1.807) is 6.92 Å². The largest absolute Gasteiger partial charge is 0.467 e. The molecule has 0 spiro atoms. The minimum atomic E-state index is -0.880. The Balaban J connectivity index is 3.06. The van der Waals surface area contributed by atoms with Gasteiger partial charge in [0, 0.05) is 12.5 Å². The molecule has 0 bridgehead atoms. The number of aryl methyl sites for hydroxylation is 1. The minimum absolute atomic E-state index is 0.238. The van der Waals surface area contributed by atoms with Gasteiger partial charge in [-0.1, -0.05) is 20.3 Å². The summed E-state index contributed by atoms with van der Waals surface area (Å²) >= 11 is 0. The van der Waals surface area contributed by atoms with Crippen molar-refractivity contribution in [2.75, 3.05) is 12.4 Å². The number of carbonyl (C=O) groups is 1. The Hall–Kier alpha value is -1.85. The maximum atomic E-state index is 11.9. The summed E-state index contributed by atoms with van der Waals surface area (Å²) in [6.07, 6.45) is 2.02. The number of methoxy groups -OCH3 is 1. The predicted octanol–water partition coefficient (Wildman–Crippen LogP) is 1.48.